The Kier molecular flexibility index (Phi) is 4.65. The van der Waals surface area contributed by atoms with Crippen LogP contribution in [-0.4, -0.2) is 23.9 Å². The van der Waals surface area contributed by atoms with E-state index in [1.807, 2.05) is 0 Å². The summed E-state index contributed by atoms with van der Waals surface area (Å²) < 4.78 is 26.4. The van der Waals surface area contributed by atoms with Crippen molar-refractivity contribution < 1.29 is 18.4 Å². The van der Waals surface area contributed by atoms with E-state index in [0.29, 0.717) is 0 Å². The lowest BCUT2D eigenvalue weighted by atomic mass is 10.1. The van der Waals surface area contributed by atoms with Crippen molar-refractivity contribution in [1.82, 2.24) is 10.6 Å². The predicted molar refractivity (Wildman–Crippen MR) is 71.0 cm³/mol. The van der Waals surface area contributed by atoms with Gasteiger partial charge in [-0.1, -0.05) is 0 Å². The van der Waals surface area contributed by atoms with Gasteiger partial charge in [-0.2, -0.15) is 0 Å². The van der Waals surface area contributed by atoms with Gasteiger partial charge in [-0.25, -0.2) is 8.78 Å². The zero-order chi connectivity index (χ0) is 15.5. The van der Waals surface area contributed by atoms with E-state index in [4.69, 9.17) is 5.73 Å². The monoisotopic (exact) mass is 285 g/mol. The number of nitrogens with two attached hydrogens (primary N) is 1. The second kappa shape index (κ2) is 5.85. The molecular formula is C13H17F2N3O2. The Hall–Kier alpha value is -2.18. The Balaban J connectivity index is 2.66. The molecule has 0 saturated carbocycles. The molecule has 0 unspecified atom stereocenters. The number of anilines is 1. The van der Waals surface area contributed by atoms with E-state index >= 15 is 0 Å². The van der Waals surface area contributed by atoms with Gasteiger partial charge in [0.15, 0.2) is 0 Å². The highest BCUT2D eigenvalue weighted by atomic mass is 19.1. The molecule has 0 radical (unpaired) electrons. The van der Waals surface area contributed by atoms with E-state index in [1.165, 1.54) is 0 Å². The Morgan fingerprint density at radius 1 is 1.20 bits per heavy atom. The highest BCUT2D eigenvalue weighted by Crippen LogP contribution is 2.17. The third-order valence-corrected chi connectivity index (χ3v) is 2.27. The topological polar surface area (TPSA) is 84.2 Å². The van der Waals surface area contributed by atoms with Crippen LogP contribution >= 0.6 is 0 Å². The highest BCUT2D eigenvalue weighted by Gasteiger charge is 2.16. The predicted octanol–water partition coefficient (Wildman–Crippen LogP) is 1.19. The Morgan fingerprint density at radius 3 is 2.15 bits per heavy atom. The minimum atomic E-state index is -1.02. The number of hydrogen-bond acceptors (Lipinski definition) is 3. The first-order chi connectivity index (χ1) is 9.10. The summed E-state index contributed by atoms with van der Waals surface area (Å²) in [6.45, 7) is 5.08. The fourth-order valence-electron chi connectivity index (χ4n) is 1.44. The molecule has 20 heavy (non-hydrogen) atoms. The number of rotatable bonds is 3. The van der Waals surface area contributed by atoms with Crippen LogP contribution in [0.3, 0.4) is 0 Å². The van der Waals surface area contributed by atoms with Gasteiger partial charge in [-0.05, 0) is 32.9 Å². The van der Waals surface area contributed by atoms with E-state index in [9.17, 15) is 18.4 Å². The third kappa shape index (κ3) is 4.49. The molecule has 0 aliphatic heterocycles. The van der Waals surface area contributed by atoms with Crippen LogP contribution in [0.15, 0.2) is 12.1 Å². The molecule has 110 valence electrons. The van der Waals surface area contributed by atoms with Crippen molar-refractivity contribution in [1.29, 1.82) is 0 Å². The summed E-state index contributed by atoms with van der Waals surface area (Å²) in [6.07, 6.45) is 0. The summed E-state index contributed by atoms with van der Waals surface area (Å²) in [4.78, 5) is 23.2. The standard InChI is InChI=1S/C13H17F2N3O2/c1-13(2,3)18-10(19)6-17-12(20)7-4-8(14)11(16)9(15)5-7/h4-5H,6,16H2,1-3H3,(H,17,20)(H,18,19). The normalized spacial score (nSPS) is 11.1. The number of benzene rings is 1. The summed E-state index contributed by atoms with van der Waals surface area (Å²) in [6, 6.07) is 1.63. The van der Waals surface area contributed by atoms with Gasteiger partial charge >= 0.3 is 0 Å². The molecule has 0 atom stereocenters. The molecule has 5 nitrogen and oxygen atoms in total. The molecule has 7 heteroatoms. The summed E-state index contributed by atoms with van der Waals surface area (Å²) in [5, 5.41) is 4.91. The number of amides is 2. The maximum absolute atomic E-state index is 13.2. The number of carbonyl (C=O) groups excluding carboxylic acids is 2. The zero-order valence-corrected chi connectivity index (χ0v) is 11.5. The fourth-order valence-corrected chi connectivity index (χ4v) is 1.44. The molecule has 0 aromatic heterocycles. The van der Waals surface area contributed by atoms with Crippen molar-refractivity contribution in [3.05, 3.63) is 29.3 Å². The van der Waals surface area contributed by atoms with Gasteiger partial charge in [0.2, 0.25) is 5.91 Å². The van der Waals surface area contributed by atoms with Crippen molar-refractivity contribution in [3.8, 4) is 0 Å². The van der Waals surface area contributed by atoms with Gasteiger partial charge in [-0.3, -0.25) is 9.59 Å². The summed E-state index contributed by atoms with van der Waals surface area (Å²) in [5.74, 6) is -3.20. The van der Waals surface area contributed by atoms with Crippen LogP contribution in [-0.2, 0) is 4.79 Å². The van der Waals surface area contributed by atoms with Gasteiger partial charge in [-0.15, -0.1) is 0 Å². The number of hydrogen-bond donors (Lipinski definition) is 3. The molecule has 0 bridgehead atoms. The smallest absolute Gasteiger partial charge is 0.251 e. The fraction of sp³-hybridized carbons (Fsp3) is 0.385. The number of halogens is 2. The maximum Gasteiger partial charge on any atom is 0.251 e. The molecule has 0 aliphatic rings. The molecule has 1 rings (SSSR count). The van der Waals surface area contributed by atoms with Crippen LogP contribution in [0.5, 0.6) is 0 Å². The van der Waals surface area contributed by atoms with Crippen LogP contribution in [0.4, 0.5) is 14.5 Å². The zero-order valence-electron chi connectivity index (χ0n) is 11.5. The first kappa shape index (κ1) is 15.9. The lowest BCUT2D eigenvalue weighted by Gasteiger charge is -2.20. The first-order valence-corrected chi connectivity index (χ1v) is 5.94. The average Bonchev–Trinajstić information content (AvgIpc) is 2.30. The molecule has 4 N–H and O–H groups in total. The number of nitrogen functional groups attached to an aromatic ring is 1. The maximum atomic E-state index is 13.2. The van der Waals surface area contributed by atoms with Crippen LogP contribution < -0.4 is 16.4 Å². The molecule has 1 aromatic carbocycles. The largest absolute Gasteiger partial charge is 0.394 e. The van der Waals surface area contributed by atoms with Crippen molar-refractivity contribution in [2.24, 2.45) is 0 Å². The van der Waals surface area contributed by atoms with Crippen LogP contribution in [0.2, 0.25) is 0 Å². The van der Waals surface area contributed by atoms with E-state index in [-0.39, 0.29) is 12.1 Å². The molecule has 0 fully saturated rings. The molecular weight excluding hydrogens is 268 g/mol. The second-order valence-corrected chi connectivity index (χ2v) is 5.33. The van der Waals surface area contributed by atoms with Crippen molar-refractivity contribution in [2.75, 3.05) is 12.3 Å². The van der Waals surface area contributed by atoms with Crippen LogP contribution in [0, 0.1) is 11.6 Å². The molecule has 2 amide bonds. The molecule has 0 heterocycles. The van der Waals surface area contributed by atoms with E-state index < -0.39 is 34.7 Å². The van der Waals surface area contributed by atoms with Crippen LogP contribution in [0.1, 0.15) is 31.1 Å². The highest BCUT2D eigenvalue weighted by molar-refractivity contribution is 5.96. The lowest BCUT2D eigenvalue weighted by molar-refractivity contribution is -0.121. The summed E-state index contributed by atoms with van der Waals surface area (Å²) >= 11 is 0. The van der Waals surface area contributed by atoms with Gasteiger partial charge in [0.1, 0.15) is 17.3 Å². The van der Waals surface area contributed by atoms with Gasteiger partial charge in [0, 0.05) is 11.1 Å². The molecule has 0 saturated heterocycles. The van der Waals surface area contributed by atoms with Crippen molar-refractivity contribution in [3.63, 3.8) is 0 Å². The van der Waals surface area contributed by atoms with Crippen molar-refractivity contribution in [2.45, 2.75) is 26.3 Å². The third-order valence-electron chi connectivity index (χ3n) is 2.27. The van der Waals surface area contributed by atoms with Crippen LogP contribution in [0.25, 0.3) is 0 Å². The summed E-state index contributed by atoms with van der Waals surface area (Å²) in [7, 11) is 0. The summed E-state index contributed by atoms with van der Waals surface area (Å²) in [5.41, 5.74) is 3.78. The lowest BCUT2D eigenvalue weighted by Crippen LogP contribution is -2.45. The molecule has 0 spiro atoms. The minimum absolute atomic E-state index is 0.238. The van der Waals surface area contributed by atoms with Gasteiger partial charge in [0.05, 0.1) is 6.54 Å². The average molecular weight is 285 g/mol. The van der Waals surface area contributed by atoms with Crippen molar-refractivity contribution >= 4 is 17.5 Å². The second-order valence-electron chi connectivity index (χ2n) is 5.33. The first-order valence-electron chi connectivity index (χ1n) is 5.94. The number of nitrogens with one attached hydrogen (secondary N) is 2. The van der Waals surface area contributed by atoms with E-state index in [0.717, 1.165) is 12.1 Å². The van der Waals surface area contributed by atoms with Gasteiger partial charge < -0.3 is 16.4 Å². The Labute approximate surface area is 115 Å². The van der Waals surface area contributed by atoms with Gasteiger partial charge in [0.25, 0.3) is 5.91 Å². The molecule has 1 aromatic rings. The van der Waals surface area contributed by atoms with E-state index in [2.05, 4.69) is 10.6 Å². The Morgan fingerprint density at radius 2 is 1.70 bits per heavy atom. The SMILES string of the molecule is CC(C)(C)NC(=O)CNC(=O)c1cc(F)c(N)c(F)c1. The Bertz CT molecular complexity index is 516. The quantitative estimate of drug-likeness (QED) is 0.729. The number of carbonyl (C=O) groups is 2. The van der Waals surface area contributed by atoms with E-state index in [1.54, 1.807) is 20.8 Å². The minimum Gasteiger partial charge on any atom is -0.394 e. The molecule has 0 aliphatic carbocycles.